The predicted octanol–water partition coefficient (Wildman–Crippen LogP) is 3.75. The lowest BCUT2D eigenvalue weighted by atomic mass is 9.43. The van der Waals surface area contributed by atoms with Crippen molar-refractivity contribution in [2.45, 2.75) is 50.5 Å². The number of hydrogen-bond acceptors (Lipinski definition) is 4. The Hall–Kier alpha value is -2.40. The van der Waals surface area contributed by atoms with E-state index in [2.05, 4.69) is 53.1 Å². The summed E-state index contributed by atoms with van der Waals surface area (Å²) in [6, 6.07) is 6.95. The Balaban J connectivity index is 1.08. The van der Waals surface area contributed by atoms with Crippen molar-refractivity contribution in [1.82, 2.24) is 10.6 Å². The first-order valence-corrected chi connectivity index (χ1v) is 13.2. The summed E-state index contributed by atoms with van der Waals surface area (Å²) >= 11 is 0. The lowest BCUT2D eigenvalue weighted by Gasteiger charge is -2.57. The van der Waals surface area contributed by atoms with E-state index in [9.17, 15) is 9.59 Å². The first-order chi connectivity index (χ1) is 16.6. The van der Waals surface area contributed by atoms with E-state index in [1.54, 1.807) is 7.11 Å². The van der Waals surface area contributed by atoms with Crippen LogP contribution in [0, 0.1) is 40.9 Å². The summed E-state index contributed by atoms with van der Waals surface area (Å²) in [7, 11) is 1.79. The molecule has 2 saturated heterocycles. The molecule has 2 heterocycles. The third-order valence-corrected chi connectivity index (χ3v) is 10.3. The maximum atomic E-state index is 13.2. The molecule has 9 atom stereocenters. The minimum atomic E-state index is -0.533. The number of benzene rings is 1. The van der Waals surface area contributed by atoms with Gasteiger partial charge in [0, 0.05) is 17.5 Å². The maximum absolute atomic E-state index is 13.2. The van der Waals surface area contributed by atoms with Crippen LogP contribution in [0.2, 0.25) is 0 Å². The van der Waals surface area contributed by atoms with Gasteiger partial charge in [-0.05, 0) is 73.4 Å². The standard InChI is InChI=1S/C29H34N2O3/c1-34-23-7-4-5-16-8-9-17-15-30-22(24(17)25(16)23)6-2-3-14-29-21-13-12-20(18-10-11-19(18)21)26(29)27(32)31-28(29)33/h4-5,7,10-13,17-22,24,26,30H,2-3,6,8-9,14-15H2,1H3,(H,31,32,33). The Bertz CT molecular complexity index is 1090. The molecule has 9 unspecified atom stereocenters. The van der Waals surface area contributed by atoms with E-state index in [-0.39, 0.29) is 29.6 Å². The van der Waals surface area contributed by atoms with Gasteiger partial charge in [0.05, 0.1) is 18.4 Å². The SMILES string of the molecule is COc1cccc2c1C1C(CC2)CNC1CCCCC12C(=O)NC(=O)C1C1C=CC2C2C=CC21. The smallest absolute Gasteiger partial charge is 0.234 e. The second-order valence-electron chi connectivity index (χ2n) is 11.5. The number of imide groups is 1. The first kappa shape index (κ1) is 20.9. The van der Waals surface area contributed by atoms with E-state index in [0.717, 1.165) is 44.4 Å². The van der Waals surface area contributed by atoms with Gasteiger partial charge in [0.1, 0.15) is 5.75 Å². The predicted molar refractivity (Wildman–Crippen MR) is 129 cm³/mol. The Morgan fingerprint density at radius 2 is 1.91 bits per heavy atom. The van der Waals surface area contributed by atoms with Gasteiger partial charge in [0.2, 0.25) is 11.8 Å². The zero-order valence-corrected chi connectivity index (χ0v) is 19.8. The highest BCUT2D eigenvalue weighted by Crippen LogP contribution is 2.64. The van der Waals surface area contributed by atoms with Crippen LogP contribution in [0.25, 0.3) is 0 Å². The minimum Gasteiger partial charge on any atom is -0.496 e. The Labute approximate surface area is 201 Å². The molecule has 1 saturated carbocycles. The summed E-state index contributed by atoms with van der Waals surface area (Å²) in [4.78, 5) is 26.1. The second kappa shape index (κ2) is 7.55. The normalized spacial score (nSPS) is 42.5. The van der Waals surface area contributed by atoms with Crippen LogP contribution in [0.4, 0.5) is 0 Å². The molecule has 7 aliphatic rings. The topological polar surface area (TPSA) is 67.4 Å². The molecule has 0 spiro atoms. The highest BCUT2D eigenvalue weighted by Gasteiger charge is 2.68. The van der Waals surface area contributed by atoms with E-state index < -0.39 is 5.41 Å². The van der Waals surface area contributed by atoms with E-state index in [1.807, 2.05) is 0 Å². The van der Waals surface area contributed by atoms with Crippen LogP contribution >= 0.6 is 0 Å². The highest BCUT2D eigenvalue weighted by atomic mass is 16.5. The quantitative estimate of drug-likeness (QED) is 0.387. The number of amides is 2. The molecule has 5 aliphatic carbocycles. The average Bonchev–Trinajstić information content (AvgIpc) is 3.35. The molecule has 0 radical (unpaired) electrons. The van der Waals surface area contributed by atoms with Gasteiger partial charge in [-0.15, -0.1) is 0 Å². The van der Waals surface area contributed by atoms with Gasteiger partial charge in [0.15, 0.2) is 0 Å². The summed E-state index contributed by atoms with van der Waals surface area (Å²) < 4.78 is 5.78. The number of methoxy groups -OCH3 is 1. The molecule has 2 bridgehead atoms. The fraction of sp³-hybridized carbons (Fsp3) is 0.586. The third kappa shape index (κ3) is 2.65. The largest absolute Gasteiger partial charge is 0.496 e. The summed E-state index contributed by atoms with van der Waals surface area (Å²) in [6.07, 6.45) is 15.4. The van der Waals surface area contributed by atoms with Gasteiger partial charge in [-0.3, -0.25) is 14.9 Å². The van der Waals surface area contributed by atoms with Crippen molar-refractivity contribution in [2.75, 3.05) is 13.7 Å². The third-order valence-electron chi connectivity index (χ3n) is 10.3. The maximum Gasteiger partial charge on any atom is 0.234 e. The molecule has 3 fully saturated rings. The molecular weight excluding hydrogens is 424 g/mol. The van der Waals surface area contributed by atoms with E-state index in [0.29, 0.717) is 29.7 Å². The fourth-order valence-electron chi connectivity index (χ4n) is 8.83. The number of nitrogens with one attached hydrogen (secondary N) is 2. The number of ether oxygens (including phenoxy) is 1. The van der Waals surface area contributed by atoms with E-state index >= 15 is 0 Å². The van der Waals surface area contributed by atoms with Crippen molar-refractivity contribution in [3.63, 3.8) is 0 Å². The number of aryl methyl sites for hydroxylation is 1. The molecule has 2 aliphatic heterocycles. The number of carbonyl (C=O) groups excluding carboxylic acids is 2. The number of unbranched alkanes of at least 4 members (excludes halogenated alkanes) is 1. The number of fused-ring (bicyclic) bond motifs is 3. The first-order valence-electron chi connectivity index (χ1n) is 13.2. The Morgan fingerprint density at radius 3 is 2.74 bits per heavy atom. The van der Waals surface area contributed by atoms with Gasteiger partial charge in [-0.2, -0.15) is 0 Å². The van der Waals surface area contributed by atoms with Gasteiger partial charge < -0.3 is 10.1 Å². The molecular formula is C29H34N2O3. The molecule has 34 heavy (non-hydrogen) atoms. The van der Waals surface area contributed by atoms with Crippen molar-refractivity contribution in [3.8, 4) is 5.75 Å². The van der Waals surface area contributed by atoms with Crippen LogP contribution in [0.5, 0.6) is 5.75 Å². The Morgan fingerprint density at radius 1 is 1.06 bits per heavy atom. The monoisotopic (exact) mass is 458 g/mol. The summed E-state index contributed by atoms with van der Waals surface area (Å²) in [5.41, 5.74) is 2.34. The average molecular weight is 459 g/mol. The highest BCUT2D eigenvalue weighted by molar-refractivity contribution is 6.08. The van der Waals surface area contributed by atoms with Crippen LogP contribution in [0.15, 0.2) is 42.5 Å². The van der Waals surface area contributed by atoms with Gasteiger partial charge in [-0.1, -0.05) is 49.3 Å². The van der Waals surface area contributed by atoms with Gasteiger partial charge in [-0.25, -0.2) is 0 Å². The fourth-order valence-corrected chi connectivity index (χ4v) is 8.83. The molecule has 5 nitrogen and oxygen atoms in total. The molecule has 2 N–H and O–H groups in total. The van der Waals surface area contributed by atoms with Crippen LogP contribution in [0.1, 0.15) is 49.1 Å². The lowest BCUT2D eigenvalue weighted by Crippen LogP contribution is -2.58. The minimum absolute atomic E-state index is 0.00870. The van der Waals surface area contributed by atoms with Crippen molar-refractivity contribution in [3.05, 3.63) is 53.6 Å². The van der Waals surface area contributed by atoms with Crippen molar-refractivity contribution >= 4 is 11.8 Å². The number of hydrogen-bond donors (Lipinski definition) is 2. The number of carbonyl (C=O) groups is 2. The molecule has 0 aromatic heterocycles. The second-order valence-corrected chi connectivity index (χ2v) is 11.5. The molecule has 5 heteroatoms. The Kier molecular flexibility index (Phi) is 4.65. The van der Waals surface area contributed by atoms with Crippen LogP contribution in [-0.2, 0) is 16.0 Å². The van der Waals surface area contributed by atoms with Crippen LogP contribution < -0.4 is 15.4 Å². The van der Waals surface area contributed by atoms with Crippen molar-refractivity contribution in [2.24, 2.45) is 40.9 Å². The van der Waals surface area contributed by atoms with Crippen molar-refractivity contribution in [1.29, 1.82) is 0 Å². The van der Waals surface area contributed by atoms with Gasteiger partial charge in [0.25, 0.3) is 0 Å². The summed E-state index contributed by atoms with van der Waals surface area (Å²) in [6.45, 7) is 1.08. The van der Waals surface area contributed by atoms with Crippen molar-refractivity contribution < 1.29 is 14.3 Å². The lowest BCUT2D eigenvalue weighted by molar-refractivity contribution is -0.142. The molecule has 1 aromatic rings. The zero-order chi connectivity index (χ0) is 23.0. The summed E-state index contributed by atoms with van der Waals surface area (Å²) in [5.74, 6) is 3.26. The van der Waals surface area contributed by atoms with E-state index in [4.69, 9.17) is 4.74 Å². The number of rotatable bonds is 6. The molecule has 8 rings (SSSR count). The number of allylic oxidation sites excluding steroid dienone is 4. The zero-order valence-electron chi connectivity index (χ0n) is 19.8. The van der Waals surface area contributed by atoms with Crippen LogP contribution in [-0.4, -0.2) is 31.5 Å². The molecule has 178 valence electrons. The van der Waals surface area contributed by atoms with Crippen LogP contribution in [0.3, 0.4) is 0 Å². The molecule has 1 aromatic carbocycles. The van der Waals surface area contributed by atoms with E-state index in [1.165, 1.54) is 17.5 Å². The van der Waals surface area contributed by atoms with Gasteiger partial charge >= 0.3 is 0 Å². The molecule has 2 amide bonds. The summed E-state index contributed by atoms with van der Waals surface area (Å²) in [5, 5.41) is 6.57.